The Morgan fingerprint density at radius 1 is 1.41 bits per heavy atom. The second kappa shape index (κ2) is 5.12. The molecule has 5 heteroatoms. The Kier molecular flexibility index (Phi) is 3.36. The third kappa shape index (κ3) is 2.82. The molecule has 17 heavy (non-hydrogen) atoms. The van der Waals surface area contributed by atoms with Crippen molar-refractivity contribution in [3.8, 4) is 17.7 Å². The lowest BCUT2D eigenvalue weighted by molar-refractivity contribution is 0.461. The zero-order valence-corrected chi connectivity index (χ0v) is 9.50. The summed E-state index contributed by atoms with van der Waals surface area (Å²) in [5.41, 5.74) is 0.513. The zero-order chi connectivity index (χ0) is 12.1. The second-order valence-electron chi connectivity index (χ2n) is 3.54. The predicted molar refractivity (Wildman–Crippen MR) is 61.5 cm³/mol. The molecule has 0 saturated carbocycles. The van der Waals surface area contributed by atoms with Crippen LogP contribution in [0.15, 0.2) is 30.7 Å². The van der Waals surface area contributed by atoms with Crippen molar-refractivity contribution in [1.29, 1.82) is 5.26 Å². The topological polar surface area (TPSA) is 63.7 Å². The predicted octanol–water partition coefficient (Wildman–Crippen LogP) is 2.35. The van der Waals surface area contributed by atoms with E-state index in [-0.39, 0.29) is 0 Å². The first-order valence-corrected chi connectivity index (χ1v) is 5.38. The highest BCUT2D eigenvalue weighted by atomic mass is 16.5. The van der Waals surface area contributed by atoms with Crippen LogP contribution in [0.5, 0.6) is 11.6 Å². The standard InChI is InChI=1S/C12H12N4O/c1-2-5-16-9-11(8-15-16)17-12-4-3-10(6-13)7-14-12/h3-4,7-9H,2,5H2,1H3. The van der Waals surface area contributed by atoms with Crippen LogP contribution in [0.1, 0.15) is 18.9 Å². The summed E-state index contributed by atoms with van der Waals surface area (Å²) < 4.78 is 7.32. The van der Waals surface area contributed by atoms with E-state index in [1.165, 1.54) is 6.20 Å². The van der Waals surface area contributed by atoms with Crippen molar-refractivity contribution in [3.63, 3.8) is 0 Å². The minimum Gasteiger partial charge on any atom is -0.436 e. The highest BCUT2D eigenvalue weighted by molar-refractivity contribution is 5.30. The molecular formula is C12H12N4O. The number of aromatic nitrogens is 3. The lowest BCUT2D eigenvalue weighted by Gasteiger charge is -2.00. The van der Waals surface area contributed by atoms with Gasteiger partial charge < -0.3 is 4.74 Å². The summed E-state index contributed by atoms with van der Waals surface area (Å²) in [6.45, 7) is 2.95. The first-order valence-electron chi connectivity index (χ1n) is 5.38. The minimum atomic E-state index is 0.458. The first kappa shape index (κ1) is 11.1. The molecule has 0 fully saturated rings. The second-order valence-corrected chi connectivity index (χ2v) is 3.54. The van der Waals surface area contributed by atoms with Gasteiger partial charge in [-0.2, -0.15) is 10.4 Å². The van der Waals surface area contributed by atoms with Crippen molar-refractivity contribution in [2.75, 3.05) is 0 Å². The van der Waals surface area contributed by atoms with Crippen LogP contribution >= 0.6 is 0 Å². The Labute approximate surface area is 99.3 Å². The van der Waals surface area contributed by atoms with Crippen molar-refractivity contribution in [1.82, 2.24) is 14.8 Å². The first-order chi connectivity index (χ1) is 8.31. The van der Waals surface area contributed by atoms with E-state index < -0.39 is 0 Å². The maximum absolute atomic E-state index is 8.64. The number of nitriles is 1. The molecular weight excluding hydrogens is 216 g/mol. The average Bonchev–Trinajstić information content (AvgIpc) is 2.78. The molecule has 0 aromatic carbocycles. The summed E-state index contributed by atoms with van der Waals surface area (Å²) >= 11 is 0. The van der Waals surface area contributed by atoms with E-state index in [1.54, 1.807) is 18.3 Å². The molecule has 0 aliphatic rings. The van der Waals surface area contributed by atoms with Gasteiger partial charge in [-0.3, -0.25) is 4.68 Å². The molecule has 0 bridgehead atoms. The summed E-state index contributed by atoms with van der Waals surface area (Å²) in [7, 11) is 0. The molecule has 2 heterocycles. The maximum Gasteiger partial charge on any atom is 0.219 e. The van der Waals surface area contributed by atoms with Crippen LogP contribution in [0.25, 0.3) is 0 Å². The normalized spacial score (nSPS) is 9.88. The monoisotopic (exact) mass is 228 g/mol. The summed E-state index contributed by atoms with van der Waals surface area (Å²) in [6, 6.07) is 5.33. The molecule has 0 unspecified atom stereocenters. The van der Waals surface area contributed by atoms with E-state index in [0.717, 1.165) is 13.0 Å². The highest BCUT2D eigenvalue weighted by Gasteiger charge is 2.02. The fraction of sp³-hybridized carbons (Fsp3) is 0.250. The number of hydrogen-bond acceptors (Lipinski definition) is 4. The Morgan fingerprint density at radius 2 is 2.29 bits per heavy atom. The Balaban J connectivity index is 2.06. The summed E-state index contributed by atoms with van der Waals surface area (Å²) in [5, 5.41) is 12.8. The molecule has 2 rings (SSSR count). The number of nitrogens with zero attached hydrogens (tertiary/aromatic N) is 4. The molecule has 0 atom stereocenters. The molecule has 0 spiro atoms. The molecule has 86 valence electrons. The van der Waals surface area contributed by atoms with Gasteiger partial charge in [0.15, 0.2) is 5.75 Å². The SMILES string of the molecule is CCCn1cc(Oc2ccc(C#N)cn2)cn1. The van der Waals surface area contributed by atoms with Gasteiger partial charge in [0.25, 0.3) is 0 Å². The van der Waals surface area contributed by atoms with E-state index in [2.05, 4.69) is 17.0 Å². The minimum absolute atomic E-state index is 0.458. The van der Waals surface area contributed by atoms with Crippen LogP contribution in [0.4, 0.5) is 0 Å². The molecule has 0 aliphatic carbocycles. The van der Waals surface area contributed by atoms with E-state index >= 15 is 0 Å². The molecule has 0 amide bonds. The van der Waals surface area contributed by atoms with Gasteiger partial charge in [-0.05, 0) is 12.5 Å². The summed E-state index contributed by atoms with van der Waals surface area (Å²) in [5.74, 6) is 1.11. The van der Waals surface area contributed by atoms with Crippen LogP contribution in [0.2, 0.25) is 0 Å². The van der Waals surface area contributed by atoms with Crippen LogP contribution in [0, 0.1) is 11.3 Å². The molecule has 0 saturated heterocycles. The molecule has 2 aromatic heterocycles. The summed E-state index contributed by atoms with van der Waals surface area (Å²) in [4.78, 5) is 4.02. The molecule has 2 aromatic rings. The number of rotatable bonds is 4. The fourth-order valence-corrected chi connectivity index (χ4v) is 1.38. The number of ether oxygens (including phenoxy) is 1. The lowest BCUT2D eigenvalue weighted by atomic mass is 10.3. The smallest absolute Gasteiger partial charge is 0.219 e. The Bertz CT molecular complexity index is 524. The highest BCUT2D eigenvalue weighted by Crippen LogP contribution is 2.18. The Hall–Kier alpha value is -2.35. The quantitative estimate of drug-likeness (QED) is 0.805. The van der Waals surface area contributed by atoms with Crippen LogP contribution < -0.4 is 4.74 Å². The fourth-order valence-electron chi connectivity index (χ4n) is 1.38. The van der Waals surface area contributed by atoms with Gasteiger partial charge >= 0.3 is 0 Å². The van der Waals surface area contributed by atoms with Crippen LogP contribution in [0.3, 0.4) is 0 Å². The van der Waals surface area contributed by atoms with Crippen LogP contribution in [-0.4, -0.2) is 14.8 Å². The lowest BCUT2D eigenvalue weighted by Crippen LogP contribution is -1.95. The molecule has 0 radical (unpaired) electrons. The number of hydrogen-bond donors (Lipinski definition) is 0. The number of pyridine rings is 1. The van der Waals surface area contributed by atoms with E-state index in [1.807, 2.05) is 16.9 Å². The third-order valence-electron chi connectivity index (χ3n) is 2.15. The van der Waals surface area contributed by atoms with E-state index in [9.17, 15) is 0 Å². The van der Waals surface area contributed by atoms with Crippen LogP contribution in [-0.2, 0) is 6.54 Å². The summed E-state index contributed by atoms with van der Waals surface area (Å²) in [6.07, 6.45) is 5.97. The van der Waals surface area contributed by atoms with Gasteiger partial charge in [0.05, 0.1) is 18.0 Å². The zero-order valence-electron chi connectivity index (χ0n) is 9.50. The van der Waals surface area contributed by atoms with Gasteiger partial charge in [0, 0.05) is 18.8 Å². The van der Waals surface area contributed by atoms with Gasteiger partial charge in [0.2, 0.25) is 5.88 Å². The molecule has 0 aliphatic heterocycles. The average molecular weight is 228 g/mol. The van der Waals surface area contributed by atoms with Crippen molar-refractivity contribution in [3.05, 3.63) is 36.3 Å². The molecule has 5 nitrogen and oxygen atoms in total. The van der Waals surface area contributed by atoms with Crippen molar-refractivity contribution in [2.45, 2.75) is 19.9 Å². The van der Waals surface area contributed by atoms with Gasteiger partial charge in [0.1, 0.15) is 6.07 Å². The van der Waals surface area contributed by atoms with Gasteiger partial charge in [-0.15, -0.1) is 0 Å². The molecule has 0 N–H and O–H groups in total. The maximum atomic E-state index is 8.64. The van der Waals surface area contributed by atoms with E-state index in [4.69, 9.17) is 10.00 Å². The number of aryl methyl sites for hydroxylation is 1. The Morgan fingerprint density at radius 3 is 2.94 bits per heavy atom. The van der Waals surface area contributed by atoms with Gasteiger partial charge in [-0.25, -0.2) is 4.98 Å². The van der Waals surface area contributed by atoms with Crippen molar-refractivity contribution in [2.24, 2.45) is 0 Å². The van der Waals surface area contributed by atoms with E-state index in [0.29, 0.717) is 17.2 Å². The largest absolute Gasteiger partial charge is 0.436 e. The van der Waals surface area contributed by atoms with Gasteiger partial charge in [-0.1, -0.05) is 6.92 Å². The third-order valence-corrected chi connectivity index (χ3v) is 2.15. The van der Waals surface area contributed by atoms with Crippen molar-refractivity contribution >= 4 is 0 Å². The van der Waals surface area contributed by atoms with Crippen molar-refractivity contribution < 1.29 is 4.74 Å².